The van der Waals surface area contributed by atoms with Crippen molar-refractivity contribution in [2.45, 2.75) is 40.3 Å². The van der Waals surface area contributed by atoms with Crippen LogP contribution >= 0.6 is 24.0 Å². The topological polar surface area (TPSA) is 72.7 Å². The summed E-state index contributed by atoms with van der Waals surface area (Å²) >= 11 is 0. The molecule has 1 aromatic carbocycles. The van der Waals surface area contributed by atoms with E-state index >= 15 is 0 Å². The van der Waals surface area contributed by atoms with E-state index in [1.54, 1.807) is 0 Å². The highest BCUT2D eigenvalue weighted by Gasteiger charge is 2.12. The molecule has 0 radical (unpaired) electrons. The third-order valence-corrected chi connectivity index (χ3v) is 4.67. The van der Waals surface area contributed by atoms with Gasteiger partial charge in [-0.1, -0.05) is 6.07 Å². The average Bonchev–Trinajstić information content (AvgIpc) is 2.83. The van der Waals surface area contributed by atoms with Gasteiger partial charge in [0.05, 0.1) is 25.5 Å². The number of nitrogens with one attached hydrogen (secondary N) is 2. The molecule has 0 bridgehead atoms. The van der Waals surface area contributed by atoms with Crippen LogP contribution in [-0.4, -0.2) is 35.5 Å². The average molecular weight is 499 g/mol. The molecule has 154 valence electrons. The van der Waals surface area contributed by atoms with Gasteiger partial charge in [0.25, 0.3) is 0 Å². The van der Waals surface area contributed by atoms with Gasteiger partial charge in [-0.25, -0.2) is 4.99 Å². The zero-order valence-corrected chi connectivity index (χ0v) is 19.4. The van der Waals surface area contributed by atoms with E-state index < -0.39 is 0 Å². The fourth-order valence-corrected chi connectivity index (χ4v) is 3.06. The van der Waals surface area contributed by atoms with Gasteiger partial charge in [-0.2, -0.15) is 5.10 Å². The van der Waals surface area contributed by atoms with Crippen molar-refractivity contribution < 1.29 is 9.47 Å². The van der Waals surface area contributed by atoms with Gasteiger partial charge in [0.15, 0.2) is 17.5 Å². The standard InChI is InChI=1S/C20H29N5O2.HI/c1-5-21-20(23-13-17-14(2)24-25(4)15(17)3)22-12-16-7-8-18-19(11-16)27-10-6-9-26-18;/h7-8,11H,5-6,9-10,12-13H2,1-4H3,(H2,21,22,23);1H. The van der Waals surface area contributed by atoms with E-state index in [1.807, 2.05) is 36.9 Å². The van der Waals surface area contributed by atoms with Gasteiger partial charge >= 0.3 is 0 Å². The third-order valence-electron chi connectivity index (χ3n) is 4.67. The van der Waals surface area contributed by atoms with Crippen molar-refractivity contribution in [1.29, 1.82) is 0 Å². The van der Waals surface area contributed by atoms with Gasteiger partial charge in [-0.05, 0) is 38.5 Å². The largest absolute Gasteiger partial charge is 0.490 e. The maximum Gasteiger partial charge on any atom is 0.191 e. The normalized spacial score (nSPS) is 13.5. The van der Waals surface area contributed by atoms with E-state index in [9.17, 15) is 0 Å². The van der Waals surface area contributed by atoms with E-state index in [2.05, 4.69) is 29.6 Å². The van der Waals surface area contributed by atoms with Crippen LogP contribution in [-0.2, 0) is 20.1 Å². The van der Waals surface area contributed by atoms with E-state index in [4.69, 9.17) is 14.5 Å². The fraction of sp³-hybridized carbons (Fsp3) is 0.500. The number of rotatable bonds is 5. The van der Waals surface area contributed by atoms with E-state index in [-0.39, 0.29) is 24.0 Å². The molecule has 2 aromatic rings. The molecule has 3 rings (SSSR count). The maximum atomic E-state index is 5.76. The minimum absolute atomic E-state index is 0. The van der Waals surface area contributed by atoms with Crippen molar-refractivity contribution in [3.05, 3.63) is 40.7 Å². The summed E-state index contributed by atoms with van der Waals surface area (Å²) in [6.45, 7) is 9.63. The molecule has 0 unspecified atom stereocenters. The number of halogens is 1. The van der Waals surface area contributed by atoms with Gasteiger partial charge in [0.1, 0.15) is 0 Å². The molecule has 0 saturated heterocycles. The second kappa shape index (κ2) is 10.5. The Morgan fingerprint density at radius 2 is 1.93 bits per heavy atom. The number of hydrogen-bond acceptors (Lipinski definition) is 4. The summed E-state index contributed by atoms with van der Waals surface area (Å²) in [6.07, 6.45) is 0.907. The first kappa shape index (κ1) is 22.3. The molecule has 0 saturated carbocycles. The smallest absolute Gasteiger partial charge is 0.191 e. The highest BCUT2D eigenvalue weighted by atomic mass is 127. The molecule has 8 heteroatoms. The van der Waals surface area contributed by atoms with Crippen molar-refractivity contribution in [2.24, 2.45) is 12.0 Å². The molecule has 0 atom stereocenters. The summed E-state index contributed by atoms with van der Waals surface area (Å²) in [5.74, 6) is 2.40. The number of aromatic nitrogens is 2. The SMILES string of the molecule is CCNC(=NCc1ccc2c(c1)OCCCO2)NCc1c(C)nn(C)c1C.I. The minimum atomic E-state index is 0. The van der Waals surface area contributed by atoms with Crippen LogP contribution < -0.4 is 20.1 Å². The summed E-state index contributed by atoms with van der Waals surface area (Å²) in [5, 5.41) is 11.2. The van der Waals surface area contributed by atoms with Crippen molar-refractivity contribution in [1.82, 2.24) is 20.4 Å². The van der Waals surface area contributed by atoms with E-state index in [0.717, 1.165) is 41.7 Å². The summed E-state index contributed by atoms with van der Waals surface area (Å²) in [7, 11) is 1.97. The quantitative estimate of drug-likeness (QED) is 0.376. The highest BCUT2D eigenvalue weighted by Crippen LogP contribution is 2.30. The van der Waals surface area contributed by atoms with Gasteiger partial charge in [0, 0.05) is 37.8 Å². The van der Waals surface area contributed by atoms with Crippen LogP contribution in [0.15, 0.2) is 23.2 Å². The Morgan fingerprint density at radius 1 is 1.18 bits per heavy atom. The second-order valence-electron chi connectivity index (χ2n) is 6.65. The number of hydrogen-bond donors (Lipinski definition) is 2. The molecular formula is C20H30IN5O2. The molecule has 1 aromatic heterocycles. The van der Waals surface area contributed by atoms with E-state index in [0.29, 0.717) is 26.3 Å². The summed E-state index contributed by atoms with van der Waals surface area (Å²) in [4.78, 5) is 4.71. The zero-order chi connectivity index (χ0) is 19.2. The Morgan fingerprint density at radius 3 is 2.61 bits per heavy atom. The summed E-state index contributed by atoms with van der Waals surface area (Å²) < 4.78 is 13.4. The van der Waals surface area contributed by atoms with Crippen LogP contribution in [0.4, 0.5) is 0 Å². The molecular weight excluding hydrogens is 469 g/mol. The lowest BCUT2D eigenvalue weighted by Crippen LogP contribution is -2.37. The first-order valence-corrected chi connectivity index (χ1v) is 9.48. The van der Waals surface area contributed by atoms with Crippen molar-refractivity contribution in [3.63, 3.8) is 0 Å². The van der Waals surface area contributed by atoms with Crippen LogP contribution in [0.1, 0.15) is 35.9 Å². The molecule has 1 aliphatic heterocycles. The number of benzene rings is 1. The molecule has 0 amide bonds. The molecule has 1 aliphatic rings. The van der Waals surface area contributed by atoms with Crippen LogP contribution in [0.2, 0.25) is 0 Å². The highest BCUT2D eigenvalue weighted by molar-refractivity contribution is 14.0. The fourth-order valence-electron chi connectivity index (χ4n) is 3.06. The van der Waals surface area contributed by atoms with Crippen molar-refractivity contribution in [3.8, 4) is 11.5 Å². The Hall–Kier alpha value is -1.97. The number of fused-ring (bicyclic) bond motifs is 1. The predicted octanol–water partition coefficient (Wildman–Crippen LogP) is 3.07. The number of nitrogens with zero attached hydrogens (tertiary/aromatic N) is 3. The van der Waals surface area contributed by atoms with Crippen molar-refractivity contribution in [2.75, 3.05) is 19.8 Å². The van der Waals surface area contributed by atoms with Crippen LogP contribution in [0, 0.1) is 13.8 Å². The molecule has 2 N–H and O–H groups in total. The minimum Gasteiger partial charge on any atom is -0.490 e. The lowest BCUT2D eigenvalue weighted by Gasteiger charge is -2.12. The molecule has 7 nitrogen and oxygen atoms in total. The first-order chi connectivity index (χ1) is 13.1. The van der Waals surface area contributed by atoms with Gasteiger partial charge in [-0.15, -0.1) is 24.0 Å². The molecule has 2 heterocycles. The van der Waals surface area contributed by atoms with Crippen LogP contribution in [0.5, 0.6) is 11.5 Å². The molecule has 0 aliphatic carbocycles. The maximum absolute atomic E-state index is 5.76. The number of aliphatic imine (C=N–C) groups is 1. The molecule has 0 spiro atoms. The Balaban J connectivity index is 0.00000280. The summed E-state index contributed by atoms with van der Waals surface area (Å²) in [5.41, 5.74) is 4.50. The zero-order valence-electron chi connectivity index (χ0n) is 17.0. The Kier molecular flexibility index (Phi) is 8.40. The third kappa shape index (κ3) is 5.52. The van der Waals surface area contributed by atoms with Gasteiger partial charge in [-0.3, -0.25) is 4.68 Å². The lowest BCUT2D eigenvalue weighted by molar-refractivity contribution is 0.297. The second-order valence-corrected chi connectivity index (χ2v) is 6.65. The monoisotopic (exact) mass is 499 g/mol. The number of aryl methyl sites for hydroxylation is 2. The Labute approximate surface area is 183 Å². The van der Waals surface area contributed by atoms with E-state index in [1.165, 1.54) is 11.3 Å². The number of guanidine groups is 1. The van der Waals surface area contributed by atoms with Crippen LogP contribution in [0.3, 0.4) is 0 Å². The predicted molar refractivity (Wildman–Crippen MR) is 122 cm³/mol. The van der Waals surface area contributed by atoms with Gasteiger partial charge < -0.3 is 20.1 Å². The lowest BCUT2D eigenvalue weighted by atomic mass is 10.2. The summed E-state index contributed by atoms with van der Waals surface area (Å²) in [6, 6.07) is 6.02. The van der Waals surface area contributed by atoms with Crippen molar-refractivity contribution >= 4 is 29.9 Å². The molecule has 0 fully saturated rings. The number of ether oxygens (including phenoxy) is 2. The van der Waals surface area contributed by atoms with Crippen LogP contribution in [0.25, 0.3) is 0 Å². The molecule has 28 heavy (non-hydrogen) atoms. The first-order valence-electron chi connectivity index (χ1n) is 9.48. The van der Waals surface area contributed by atoms with Gasteiger partial charge in [0.2, 0.25) is 0 Å². The Bertz CT molecular complexity index is 819.